The smallest absolute Gasteiger partial charge is 0.303 e. The lowest BCUT2D eigenvalue weighted by atomic mass is 10.2. The zero-order valence-electron chi connectivity index (χ0n) is 5.50. The SMILES string of the molecule is CC(S)CCCC(=O)O. The molecule has 2 nitrogen and oxygen atoms in total. The number of hydrogen-bond acceptors (Lipinski definition) is 2. The van der Waals surface area contributed by atoms with Gasteiger partial charge in [0, 0.05) is 6.42 Å². The van der Waals surface area contributed by atoms with Crippen molar-refractivity contribution in [1.29, 1.82) is 0 Å². The Labute approximate surface area is 60.7 Å². The first-order chi connectivity index (χ1) is 4.13. The highest BCUT2D eigenvalue weighted by Crippen LogP contribution is 2.04. The third-order valence-corrected chi connectivity index (χ3v) is 1.27. The number of carbonyl (C=O) groups is 1. The summed E-state index contributed by atoms with van der Waals surface area (Å²) in [7, 11) is 0. The fraction of sp³-hybridized carbons (Fsp3) is 0.833. The average molecular weight is 148 g/mol. The van der Waals surface area contributed by atoms with Crippen LogP contribution in [0.5, 0.6) is 0 Å². The van der Waals surface area contributed by atoms with Crippen LogP contribution in [-0.4, -0.2) is 16.3 Å². The van der Waals surface area contributed by atoms with Crippen LogP contribution in [0.3, 0.4) is 0 Å². The fourth-order valence-electron chi connectivity index (χ4n) is 0.549. The Morgan fingerprint density at radius 1 is 1.78 bits per heavy atom. The third kappa shape index (κ3) is 7.82. The topological polar surface area (TPSA) is 37.3 Å². The van der Waals surface area contributed by atoms with Gasteiger partial charge in [0.1, 0.15) is 0 Å². The van der Waals surface area contributed by atoms with Gasteiger partial charge in [-0.05, 0) is 18.1 Å². The van der Waals surface area contributed by atoms with Crippen molar-refractivity contribution in [1.82, 2.24) is 0 Å². The van der Waals surface area contributed by atoms with Crippen molar-refractivity contribution in [3.8, 4) is 0 Å². The summed E-state index contributed by atoms with van der Waals surface area (Å²) < 4.78 is 0. The number of carboxylic acid groups (broad SMARTS) is 1. The maximum atomic E-state index is 9.96. The van der Waals surface area contributed by atoms with E-state index in [2.05, 4.69) is 12.6 Å². The second-order valence-corrected chi connectivity index (χ2v) is 3.02. The van der Waals surface area contributed by atoms with E-state index in [-0.39, 0.29) is 6.42 Å². The van der Waals surface area contributed by atoms with Gasteiger partial charge in [0.2, 0.25) is 0 Å². The van der Waals surface area contributed by atoms with E-state index < -0.39 is 5.97 Å². The highest BCUT2D eigenvalue weighted by molar-refractivity contribution is 7.80. The Morgan fingerprint density at radius 3 is 2.67 bits per heavy atom. The molecule has 0 aromatic heterocycles. The number of thiol groups is 1. The Bertz CT molecular complexity index is 91.1. The second kappa shape index (κ2) is 4.68. The van der Waals surface area contributed by atoms with E-state index in [1.165, 1.54) is 0 Å². The molecule has 0 aliphatic heterocycles. The van der Waals surface area contributed by atoms with Crippen LogP contribution < -0.4 is 0 Å². The standard InChI is InChI=1S/C6H12O2S/c1-5(9)3-2-4-6(7)8/h5,9H,2-4H2,1H3,(H,7,8). The van der Waals surface area contributed by atoms with Gasteiger partial charge in [-0.3, -0.25) is 4.79 Å². The molecular formula is C6H12O2S. The number of hydrogen-bond donors (Lipinski definition) is 2. The van der Waals surface area contributed by atoms with E-state index >= 15 is 0 Å². The molecular weight excluding hydrogens is 136 g/mol. The van der Waals surface area contributed by atoms with E-state index in [4.69, 9.17) is 5.11 Å². The zero-order chi connectivity index (χ0) is 7.28. The average Bonchev–Trinajstić information content (AvgIpc) is 1.63. The van der Waals surface area contributed by atoms with Crippen molar-refractivity contribution >= 4 is 18.6 Å². The van der Waals surface area contributed by atoms with Gasteiger partial charge in [0.25, 0.3) is 0 Å². The number of aliphatic carboxylic acids is 1. The molecule has 0 saturated heterocycles. The molecule has 0 spiro atoms. The Hall–Kier alpha value is -0.180. The van der Waals surface area contributed by atoms with Gasteiger partial charge < -0.3 is 5.11 Å². The van der Waals surface area contributed by atoms with E-state index in [9.17, 15) is 4.79 Å². The molecule has 9 heavy (non-hydrogen) atoms. The van der Waals surface area contributed by atoms with Crippen LogP contribution in [0.15, 0.2) is 0 Å². The number of carboxylic acids is 1. The van der Waals surface area contributed by atoms with Crippen molar-refractivity contribution < 1.29 is 9.90 Å². The Morgan fingerprint density at radius 2 is 2.33 bits per heavy atom. The quantitative estimate of drug-likeness (QED) is 0.594. The summed E-state index contributed by atoms with van der Waals surface area (Å²) in [6, 6.07) is 0. The van der Waals surface area contributed by atoms with Gasteiger partial charge in [-0.1, -0.05) is 6.92 Å². The second-order valence-electron chi connectivity index (χ2n) is 2.13. The van der Waals surface area contributed by atoms with Gasteiger partial charge in [-0.2, -0.15) is 12.6 Å². The summed E-state index contributed by atoms with van der Waals surface area (Å²) in [6.07, 6.45) is 1.89. The van der Waals surface area contributed by atoms with Crippen LogP contribution in [0.4, 0.5) is 0 Å². The summed E-state index contributed by atoms with van der Waals surface area (Å²) in [4.78, 5) is 9.96. The molecule has 0 radical (unpaired) electrons. The molecule has 0 rings (SSSR count). The third-order valence-electron chi connectivity index (χ3n) is 1.01. The van der Waals surface area contributed by atoms with E-state index in [0.29, 0.717) is 5.25 Å². The van der Waals surface area contributed by atoms with Gasteiger partial charge in [0.15, 0.2) is 0 Å². The minimum absolute atomic E-state index is 0.269. The monoisotopic (exact) mass is 148 g/mol. The first-order valence-corrected chi connectivity index (χ1v) is 3.54. The molecule has 1 N–H and O–H groups in total. The van der Waals surface area contributed by atoms with Crippen LogP contribution >= 0.6 is 12.6 Å². The molecule has 0 amide bonds. The molecule has 0 aromatic rings. The van der Waals surface area contributed by atoms with Crippen molar-refractivity contribution in [2.75, 3.05) is 0 Å². The molecule has 3 heteroatoms. The first-order valence-electron chi connectivity index (χ1n) is 3.03. The summed E-state index contributed by atoms with van der Waals surface area (Å²) in [5.41, 5.74) is 0. The molecule has 0 aliphatic carbocycles. The highest BCUT2D eigenvalue weighted by Gasteiger charge is 1.98. The lowest BCUT2D eigenvalue weighted by Crippen LogP contribution is -1.97. The molecule has 1 unspecified atom stereocenters. The fourth-order valence-corrected chi connectivity index (χ4v) is 0.731. The molecule has 1 atom stereocenters. The minimum Gasteiger partial charge on any atom is -0.481 e. The van der Waals surface area contributed by atoms with Crippen molar-refractivity contribution in [3.63, 3.8) is 0 Å². The summed E-state index contributed by atoms with van der Waals surface area (Å²) >= 11 is 4.11. The zero-order valence-corrected chi connectivity index (χ0v) is 6.40. The summed E-state index contributed by atoms with van der Waals surface area (Å²) in [5, 5.41) is 8.52. The van der Waals surface area contributed by atoms with Crippen molar-refractivity contribution in [2.24, 2.45) is 0 Å². The lowest BCUT2D eigenvalue weighted by Gasteiger charge is -1.99. The molecule has 0 aliphatic rings. The van der Waals surface area contributed by atoms with Gasteiger partial charge >= 0.3 is 5.97 Å². The molecule has 0 fully saturated rings. The van der Waals surface area contributed by atoms with Crippen LogP contribution in [0.25, 0.3) is 0 Å². The summed E-state index contributed by atoms with van der Waals surface area (Å²) in [6.45, 7) is 1.96. The van der Waals surface area contributed by atoms with Gasteiger partial charge in [0.05, 0.1) is 0 Å². The predicted octanol–water partition coefficient (Wildman–Crippen LogP) is 1.56. The van der Waals surface area contributed by atoms with Crippen LogP contribution in [-0.2, 0) is 4.79 Å². The molecule has 54 valence electrons. The van der Waals surface area contributed by atoms with E-state index in [1.807, 2.05) is 6.92 Å². The normalized spacial score (nSPS) is 13.1. The minimum atomic E-state index is -0.719. The summed E-state index contributed by atoms with van der Waals surface area (Å²) in [5.74, 6) is -0.719. The van der Waals surface area contributed by atoms with Crippen LogP contribution in [0.1, 0.15) is 26.2 Å². The van der Waals surface area contributed by atoms with E-state index in [1.54, 1.807) is 0 Å². The largest absolute Gasteiger partial charge is 0.481 e. The van der Waals surface area contributed by atoms with E-state index in [0.717, 1.165) is 12.8 Å². The molecule has 0 aromatic carbocycles. The molecule has 0 saturated carbocycles. The van der Waals surface area contributed by atoms with Gasteiger partial charge in [-0.25, -0.2) is 0 Å². The van der Waals surface area contributed by atoms with Crippen LogP contribution in [0.2, 0.25) is 0 Å². The number of rotatable bonds is 4. The Balaban J connectivity index is 3.01. The highest BCUT2D eigenvalue weighted by atomic mass is 32.1. The maximum Gasteiger partial charge on any atom is 0.303 e. The van der Waals surface area contributed by atoms with Gasteiger partial charge in [-0.15, -0.1) is 0 Å². The van der Waals surface area contributed by atoms with Crippen molar-refractivity contribution in [3.05, 3.63) is 0 Å². The predicted molar refractivity (Wildman–Crippen MR) is 39.9 cm³/mol. The lowest BCUT2D eigenvalue weighted by molar-refractivity contribution is -0.137. The van der Waals surface area contributed by atoms with Crippen molar-refractivity contribution in [2.45, 2.75) is 31.4 Å². The molecule has 0 bridgehead atoms. The Kier molecular flexibility index (Phi) is 4.58. The first kappa shape index (κ1) is 8.82. The van der Waals surface area contributed by atoms with Crippen LogP contribution in [0, 0.1) is 0 Å². The molecule has 0 heterocycles. The maximum absolute atomic E-state index is 9.96.